The number of nitrogens with zero attached hydrogens (tertiary/aromatic N) is 1. The molecule has 3 aromatic rings. The molecule has 0 unspecified atom stereocenters. The number of halogens is 1. The maximum absolute atomic E-state index is 13.8. The van der Waals surface area contributed by atoms with E-state index >= 15 is 0 Å². The lowest BCUT2D eigenvalue weighted by atomic mass is 9.92. The van der Waals surface area contributed by atoms with Crippen LogP contribution in [0.3, 0.4) is 0 Å². The number of epoxide rings is 1. The Morgan fingerprint density at radius 2 is 1.69 bits per heavy atom. The number of hydrogen-bond donors (Lipinski definition) is 3. The van der Waals surface area contributed by atoms with Crippen LogP contribution in [-0.4, -0.2) is 72.8 Å². The minimum absolute atomic E-state index is 0.0412. The number of cyclic esters (lactones) is 2. The normalized spacial score (nSPS) is 23.0. The number of nitro benzene ring substituents is 1. The number of rotatable bonds is 12. The summed E-state index contributed by atoms with van der Waals surface area (Å²) in [4.78, 5) is 76.9. The van der Waals surface area contributed by atoms with Crippen LogP contribution in [0.25, 0.3) is 0 Å². The number of carbonyl (C=O) groups excluding carboxylic acids is 5. The Balaban J connectivity index is 1.29. The van der Waals surface area contributed by atoms with Crippen LogP contribution in [0.4, 0.5) is 10.5 Å². The summed E-state index contributed by atoms with van der Waals surface area (Å²) in [7, 11) is 1.49. The molecule has 326 valence electrons. The van der Waals surface area contributed by atoms with Crippen LogP contribution < -0.4 is 25.4 Å². The van der Waals surface area contributed by atoms with Gasteiger partial charge in [0.1, 0.15) is 29.7 Å². The van der Waals surface area contributed by atoms with E-state index in [4.69, 9.17) is 35.3 Å². The minimum atomic E-state index is -1.26. The number of amides is 3. The predicted octanol–water partition coefficient (Wildman–Crippen LogP) is 6.32. The molecule has 0 spiro atoms. The minimum Gasteiger partial charge on any atom is -0.495 e. The van der Waals surface area contributed by atoms with Crippen LogP contribution in [0.2, 0.25) is 5.02 Å². The molecule has 17 heteroatoms. The molecule has 0 aliphatic carbocycles. The second kappa shape index (κ2) is 20.5. The Morgan fingerprint density at radius 3 is 2.33 bits per heavy atom. The van der Waals surface area contributed by atoms with E-state index in [1.54, 1.807) is 38.1 Å². The van der Waals surface area contributed by atoms with E-state index < -0.39 is 58.4 Å². The molecular formula is C44H51ClN4O12. The van der Waals surface area contributed by atoms with Crippen molar-refractivity contribution in [3.8, 4) is 11.5 Å². The number of benzene rings is 3. The van der Waals surface area contributed by atoms with Gasteiger partial charge in [0.15, 0.2) is 6.10 Å². The van der Waals surface area contributed by atoms with Crippen molar-refractivity contribution in [2.45, 2.75) is 90.9 Å². The van der Waals surface area contributed by atoms with Gasteiger partial charge in [-0.15, -0.1) is 0 Å². The number of non-ortho nitro benzene ring substituents is 1. The molecule has 1 fully saturated rings. The van der Waals surface area contributed by atoms with E-state index in [-0.39, 0.29) is 67.8 Å². The Kier molecular flexibility index (Phi) is 15.5. The third kappa shape index (κ3) is 13.0. The summed E-state index contributed by atoms with van der Waals surface area (Å²) < 4.78 is 28.5. The zero-order valence-electron chi connectivity index (χ0n) is 34.8. The van der Waals surface area contributed by atoms with Crippen molar-refractivity contribution in [2.24, 2.45) is 17.3 Å². The van der Waals surface area contributed by atoms with Crippen LogP contribution in [0, 0.1) is 27.4 Å². The van der Waals surface area contributed by atoms with Crippen molar-refractivity contribution in [1.29, 1.82) is 0 Å². The third-order valence-corrected chi connectivity index (χ3v) is 10.6. The van der Waals surface area contributed by atoms with Gasteiger partial charge >= 0.3 is 18.0 Å². The van der Waals surface area contributed by atoms with Gasteiger partial charge in [-0.2, -0.15) is 0 Å². The number of esters is 2. The second-order valence-corrected chi connectivity index (χ2v) is 16.5. The first kappa shape index (κ1) is 46.1. The molecule has 5 rings (SSSR count). The summed E-state index contributed by atoms with van der Waals surface area (Å²) >= 11 is 6.34. The van der Waals surface area contributed by atoms with Gasteiger partial charge < -0.3 is 39.6 Å². The summed E-state index contributed by atoms with van der Waals surface area (Å²) in [5, 5.41) is 19.4. The maximum atomic E-state index is 13.8. The molecule has 6 atom stereocenters. The van der Waals surface area contributed by atoms with Crippen molar-refractivity contribution in [3.05, 3.63) is 111 Å². The SMILES string of the molecule is COc1ccc(C[C@H]2NC(=O)/C=C\C[C@@H]([C@H](C)[C@@H]3O[C@H]3c3ccc(CNC(=O)Oc4ccc([N+](=O)[O-])cc4)cc3)OC(=O)[C@H](CC(C)C)OC(=O)C(C)(C)CNC2=O)cc1Cl. The van der Waals surface area contributed by atoms with Gasteiger partial charge in [-0.05, 0) is 73.2 Å². The Bertz CT molecular complexity index is 2110. The molecule has 16 nitrogen and oxygen atoms in total. The molecule has 2 aliphatic rings. The van der Waals surface area contributed by atoms with Crippen LogP contribution >= 0.6 is 11.6 Å². The lowest BCUT2D eigenvalue weighted by molar-refractivity contribution is -0.384. The Hall–Kier alpha value is -6.00. The highest BCUT2D eigenvalue weighted by molar-refractivity contribution is 6.32. The molecule has 0 aromatic heterocycles. The fourth-order valence-electron chi connectivity index (χ4n) is 6.60. The first-order valence-corrected chi connectivity index (χ1v) is 20.2. The fraction of sp³-hybridized carbons (Fsp3) is 0.432. The summed E-state index contributed by atoms with van der Waals surface area (Å²) in [6.07, 6.45) is -0.243. The zero-order valence-corrected chi connectivity index (χ0v) is 35.6. The van der Waals surface area contributed by atoms with E-state index in [1.165, 1.54) is 37.5 Å². The van der Waals surface area contributed by atoms with Gasteiger partial charge in [0.2, 0.25) is 11.8 Å². The van der Waals surface area contributed by atoms with E-state index in [2.05, 4.69) is 16.0 Å². The molecule has 2 aliphatic heterocycles. The molecule has 61 heavy (non-hydrogen) atoms. The molecule has 3 aromatic carbocycles. The van der Waals surface area contributed by atoms with Gasteiger partial charge in [-0.1, -0.05) is 68.8 Å². The number of carbonyl (C=O) groups is 5. The van der Waals surface area contributed by atoms with Gasteiger partial charge in [0.05, 0.1) is 28.6 Å². The highest BCUT2D eigenvalue weighted by Crippen LogP contribution is 2.45. The average Bonchev–Trinajstić information content (AvgIpc) is 4.02. The van der Waals surface area contributed by atoms with Gasteiger partial charge in [0.25, 0.3) is 5.69 Å². The monoisotopic (exact) mass is 862 g/mol. The summed E-state index contributed by atoms with van der Waals surface area (Å²) in [6, 6.07) is 16.5. The highest BCUT2D eigenvalue weighted by atomic mass is 35.5. The van der Waals surface area contributed by atoms with E-state index in [0.29, 0.717) is 16.3 Å². The van der Waals surface area contributed by atoms with E-state index in [9.17, 15) is 34.1 Å². The lowest BCUT2D eigenvalue weighted by Gasteiger charge is -2.29. The molecular weight excluding hydrogens is 812 g/mol. The van der Waals surface area contributed by atoms with E-state index in [1.807, 2.05) is 45.0 Å². The van der Waals surface area contributed by atoms with Crippen molar-refractivity contribution >= 4 is 47.1 Å². The van der Waals surface area contributed by atoms with Crippen LogP contribution in [0.5, 0.6) is 11.5 Å². The molecule has 3 amide bonds. The fourth-order valence-corrected chi connectivity index (χ4v) is 6.88. The smallest absolute Gasteiger partial charge is 0.412 e. The second-order valence-electron chi connectivity index (χ2n) is 16.1. The summed E-state index contributed by atoms with van der Waals surface area (Å²) in [5.74, 6) is -2.35. The molecule has 0 saturated carbocycles. The van der Waals surface area contributed by atoms with Gasteiger partial charge in [-0.3, -0.25) is 24.5 Å². The first-order valence-electron chi connectivity index (χ1n) is 19.9. The van der Waals surface area contributed by atoms with Gasteiger partial charge in [0, 0.05) is 44.0 Å². The van der Waals surface area contributed by atoms with Crippen molar-refractivity contribution < 1.29 is 52.6 Å². The topological polar surface area (TPSA) is 214 Å². The zero-order chi connectivity index (χ0) is 44.4. The molecule has 2 heterocycles. The Morgan fingerprint density at radius 1 is 1.00 bits per heavy atom. The van der Waals surface area contributed by atoms with Crippen LogP contribution in [-0.2, 0) is 46.4 Å². The average molecular weight is 863 g/mol. The Labute approximate surface area is 358 Å². The summed E-state index contributed by atoms with van der Waals surface area (Å²) in [6.45, 7) is 8.84. The van der Waals surface area contributed by atoms with Crippen molar-refractivity contribution in [1.82, 2.24) is 16.0 Å². The van der Waals surface area contributed by atoms with E-state index in [0.717, 1.165) is 11.1 Å². The van der Waals surface area contributed by atoms with Crippen LogP contribution in [0.1, 0.15) is 70.3 Å². The summed E-state index contributed by atoms with van der Waals surface area (Å²) in [5.41, 5.74) is 0.894. The largest absolute Gasteiger partial charge is 0.495 e. The number of nitro groups is 1. The number of ether oxygens (including phenoxy) is 5. The standard InChI is InChI=1S/C44H51ClN4O12/c1-25(2)20-36-41(52)59-34(26(3)38-39(61-38)29-13-10-27(11-14-29)23-46-43(54)58-31-17-15-30(16-18-31)49(55)56)8-7-9-37(50)48-33(22-28-12-19-35(57-6)32(45)21-28)40(51)47-24-44(4,5)42(53)60-36/h7,9-19,21,25-26,33-34,36,38-39H,8,20,22-24H2,1-6H3,(H,46,54)(H,47,51)(H,48,50)/b9-7-/t26-,33+,34-,36-,38-,39-/m0/s1. The number of nitrogens with one attached hydrogen (secondary N) is 3. The molecule has 3 N–H and O–H groups in total. The molecule has 1 saturated heterocycles. The molecule has 0 bridgehead atoms. The van der Waals surface area contributed by atoms with Crippen molar-refractivity contribution in [3.63, 3.8) is 0 Å². The first-order chi connectivity index (χ1) is 28.9. The van der Waals surface area contributed by atoms with Crippen molar-refractivity contribution in [2.75, 3.05) is 13.7 Å². The number of hydrogen-bond acceptors (Lipinski definition) is 12. The molecule has 0 radical (unpaired) electrons. The third-order valence-electron chi connectivity index (χ3n) is 10.3. The predicted molar refractivity (Wildman–Crippen MR) is 223 cm³/mol. The quantitative estimate of drug-likeness (QED) is 0.0790. The maximum Gasteiger partial charge on any atom is 0.412 e. The highest BCUT2D eigenvalue weighted by Gasteiger charge is 2.48. The van der Waals surface area contributed by atoms with Gasteiger partial charge in [-0.25, -0.2) is 9.59 Å². The lowest BCUT2D eigenvalue weighted by Crippen LogP contribution is -2.51. The van der Waals surface area contributed by atoms with Crippen LogP contribution in [0.15, 0.2) is 78.9 Å². The number of methoxy groups -OCH3 is 1.